The van der Waals surface area contributed by atoms with Crippen LogP contribution in [-0.4, -0.2) is 40.3 Å². The maximum atomic E-state index is 12.1. The van der Waals surface area contributed by atoms with Crippen LogP contribution in [0.3, 0.4) is 0 Å². The predicted molar refractivity (Wildman–Crippen MR) is 101 cm³/mol. The van der Waals surface area contributed by atoms with Crippen LogP contribution in [0.4, 0.5) is 5.69 Å². The van der Waals surface area contributed by atoms with Crippen LogP contribution in [0.1, 0.15) is 0 Å². The quantitative estimate of drug-likeness (QED) is 0.657. The average Bonchev–Trinajstić information content (AvgIpc) is 2.56. The Bertz CT molecular complexity index is 812. The summed E-state index contributed by atoms with van der Waals surface area (Å²) in [5, 5.41) is 2.66. The second-order valence-corrected chi connectivity index (χ2v) is 8.08. The van der Waals surface area contributed by atoms with Gasteiger partial charge < -0.3 is 10.1 Å². The number of amides is 1. The topological polar surface area (TPSA) is 75.7 Å². The van der Waals surface area contributed by atoms with Crippen molar-refractivity contribution in [1.82, 2.24) is 5.32 Å². The SMILES string of the molecule is CS(=O)(=O)N(CC(=O)NCCOc1ccccc1)c1cccc(Br)c1. The van der Waals surface area contributed by atoms with E-state index in [9.17, 15) is 13.2 Å². The van der Waals surface area contributed by atoms with Crippen LogP contribution in [0, 0.1) is 0 Å². The second-order valence-electron chi connectivity index (χ2n) is 5.26. The van der Waals surface area contributed by atoms with E-state index in [-0.39, 0.29) is 13.1 Å². The van der Waals surface area contributed by atoms with Gasteiger partial charge in [0.25, 0.3) is 0 Å². The normalized spacial score (nSPS) is 11.0. The minimum absolute atomic E-state index is 0.282. The Kier molecular flexibility index (Phi) is 6.83. The summed E-state index contributed by atoms with van der Waals surface area (Å²) in [5.74, 6) is 0.311. The van der Waals surface area contributed by atoms with Crippen molar-refractivity contribution in [2.24, 2.45) is 0 Å². The van der Waals surface area contributed by atoms with Crippen LogP contribution in [0.15, 0.2) is 59.1 Å². The Labute approximate surface area is 156 Å². The second kappa shape index (κ2) is 8.87. The van der Waals surface area contributed by atoms with Gasteiger partial charge >= 0.3 is 0 Å². The van der Waals surface area contributed by atoms with Gasteiger partial charge in [0.1, 0.15) is 18.9 Å². The molecule has 0 fully saturated rings. The number of anilines is 1. The first-order valence-corrected chi connectivity index (χ1v) is 10.2. The predicted octanol–water partition coefficient (Wildman–Crippen LogP) is 2.41. The van der Waals surface area contributed by atoms with Gasteiger partial charge in [0.2, 0.25) is 15.9 Å². The molecule has 25 heavy (non-hydrogen) atoms. The molecule has 0 heterocycles. The van der Waals surface area contributed by atoms with E-state index in [4.69, 9.17) is 4.74 Å². The molecule has 2 rings (SSSR count). The molecular weight excluding hydrogens is 408 g/mol. The maximum Gasteiger partial charge on any atom is 0.240 e. The lowest BCUT2D eigenvalue weighted by molar-refractivity contribution is -0.119. The number of hydrogen-bond acceptors (Lipinski definition) is 4. The first-order chi connectivity index (χ1) is 11.9. The Balaban J connectivity index is 1.89. The van der Waals surface area contributed by atoms with E-state index in [1.54, 1.807) is 24.3 Å². The minimum atomic E-state index is -3.58. The number of sulfonamides is 1. The Morgan fingerprint density at radius 3 is 2.52 bits per heavy atom. The van der Waals surface area contributed by atoms with Crippen molar-refractivity contribution in [2.75, 3.05) is 30.3 Å². The molecule has 1 amide bonds. The third kappa shape index (κ3) is 6.39. The van der Waals surface area contributed by atoms with Gasteiger partial charge in [-0.25, -0.2) is 8.42 Å². The molecule has 0 aromatic heterocycles. The largest absolute Gasteiger partial charge is 0.492 e. The van der Waals surface area contributed by atoms with Crippen molar-refractivity contribution < 1.29 is 17.9 Å². The molecule has 134 valence electrons. The van der Waals surface area contributed by atoms with Crippen LogP contribution >= 0.6 is 15.9 Å². The van der Waals surface area contributed by atoms with Crippen molar-refractivity contribution >= 4 is 37.5 Å². The first kappa shape index (κ1) is 19.3. The average molecular weight is 427 g/mol. The molecule has 0 bridgehead atoms. The first-order valence-electron chi connectivity index (χ1n) is 7.54. The zero-order chi connectivity index (χ0) is 18.3. The highest BCUT2D eigenvalue weighted by atomic mass is 79.9. The Hall–Kier alpha value is -2.06. The molecule has 2 aromatic carbocycles. The summed E-state index contributed by atoms with van der Waals surface area (Å²) in [7, 11) is -3.58. The van der Waals surface area contributed by atoms with Crippen molar-refractivity contribution in [3.63, 3.8) is 0 Å². The van der Waals surface area contributed by atoms with Gasteiger partial charge in [0.15, 0.2) is 0 Å². The number of para-hydroxylation sites is 1. The van der Waals surface area contributed by atoms with E-state index in [0.717, 1.165) is 15.0 Å². The molecule has 0 aliphatic rings. The number of nitrogens with zero attached hydrogens (tertiary/aromatic N) is 1. The van der Waals surface area contributed by atoms with Crippen molar-refractivity contribution in [2.45, 2.75) is 0 Å². The zero-order valence-electron chi connectivity index (χ0n) is 13.7. The van der Waals surface area contributed by atoms with E-state index in [1.165, 1.54) is 0 Å². The smallest absolute Gasteiger partial charge is 0.240 e. The van der Waals surface area contributed by atoms with E-state index in [0.29, 0.717) is 18.0 Å². The molecule has 1 N–H and O–H groups in total. The lowest BCUT2D eigenvalue weighted by Crippen LogP contribution is -2.41. The standard InChI is InChI=1S/C17H19BrN2O4S/c1-25(22,23)20(15-7-5-6-14(18)12-15)13-17(21)19-10-11-24-16-8-3-2-4-9-16/h2-9,12H,10-11,13H2,1H3,(H,19,21). The molecule has 6 nitrogen and oxygen atoms in total. The number of halogens is 1. The highest BCUT2D eigenvalue weighted by molar-refractivity contribution is 9.10. The van der Waals surface area contributed by atoms with Gasteiger partial charge in [-0.1, -0.05) is 40.2 Å². The van der Waals surface area contributed by atoms with Crippen LogP contribution in [0.5, 0.6) is 5.75 Å². The number of benzene rings is 2. The highest BCUT2D eigenvalue weighted by Gasteiger charge is 2.20. The number of carbonyl (C=O) groups is 1. The summed E-state index contributed by atoms with van der Waals surface area (Å²) in [6.45, 7) is 0.288. The van der Waals surface area contributed by atoms with Crippen LogP contribution in [0.2, 0.25) is 0 Å². The number of hydrogen-bond donors (Lipinski definition) is 1. The van der Waals surface area contributed by atoms with Crippen LogP contribution in [0.25, 0.3) is 0 Å². The van der Waals surface area contributed by atoms with Gasteiger partial charge in [-0.15, -0.1) is 0 Å². The lowest BCUT2D eigenvalue weighted by atomic mass is 10.3. The van der Waals surface area contributed by atoms with Crippen molar-refractivity contribution in [3.8, 4) is 5.75 Å². The summed E-state index contributed by atoms with van der Waals surface area (Å²) in [4.78, 5) is 12.1. The summed E-state index contributed by atoms with van der Waals surface area (Å²) in [6.07, 6.45) is 1.07. The van der Waals surface area contributed by atoms with Crippen LogP contribution in [-0.2, 0) is 14.8 Å². The third-order valence-electron chi connectivity index (χ3n) is 3.22. The molecule has 0 radical (unpaired) electrons. The fourth-order valence-electron chi connectivity index (χ4n) is 2.09. The van der Waals surface area contributed by atoms with Gasteiger partial charge in [0.05, 0.1) is 18.5 Å². The number of nitrogens with one attached hydrogen (secondary N) is 1. The van der Waals surface area contributed by atoms with Crippen molar-refractivity contribution in [3.05, 3.63) is 59.1 Å². The summed E-state index contributed by atoms with van der Waals surface area (Å²) in [6, 6.07) is 16.0. The van der Waals surface area contributed by atoms with E-state index in [1.807, 2.05) is 30.3 Å². The minimum Gasteiger partial charge on any atom is -0.492 e. The van der Waals surface area contributed by atoms with E-state index in [2.05, 4.69) is 21.2 Å². The summed E-state index contributed by atoms with van der Waals surface area (Å²) < 4.78 is 31.3. The van der Waals surface area contributed by atoms with Crippen molar-refractivity contribution in [1.29, 1.82) is 0 Å². The number of ether oxygens (including phenoxy) is 1. The van der Waals surface area contributed by atoms with E-state index >= 15 is 0 Å². The van der Waals surface area contributed by atoms with Gasteiger partial charge in [0, 0.05) is 4.47 Å². The Morgan fingerprint density at radius 2 is 1.88 bits per heavy atom. The molecule has 0 aliphatic heterocycles. The van der Waals surface area contributed by atoms with Gasteiger partial charge in [-0.05, 0) is 30.3 Å². The van der Waals surface area contributed by atoms with E-state index < -0.39 is 15.9 Å². The molecule has 2 aromatic rings. The molecule has 0 saturated carbocycles. The number of rotatable bonds is 8. The van der Waals surface area contributed by atoms with Gasteiger partial charge in [-0.3, -0.25) is 9.10 Å². The lowest BCUT2D eigenvalue weighted by Gasteiger charge is -2.22. The molecule has 0 unspecified atom stereocenters. The zero-order valence-corrected chi connectivity index (χ0v) is 16.1. The maximum absolute atomic E-state index is 12.1. The molecular formula is C17H19BrN2O4S. The van der Waals surface area contributed by atoms with Gasteiger partial charge in [-0.2, -0.15) is 0 Å². The fraction of sp³-hybridized carbons (Fsp3) is 0.235. The monoisotopic (exact) mass is 426 g/mol. The molecule has 0 saturated heterocycles. The Morgan fingerprint density at radius 1 is 1.16 bits per heavy atom. The van der Waals surface area contributed by atoms with Crippen LogP contribution < -0.4 is 14.4 Å². The molecule has 8 heteroatoms. The molecule has 0 spiro atoms. The third-order valence-corrected chi connectivity index (χ3v) is 4.85. The fourth-order valence-corrected chi connectivity index (χ4v) is 3.33. The summed E-state index contributed by atoms with van der Waals surface area (Å²) >= 11 is 3.30. The highest BCUT2D eigenvalue weighted by Crippen LogP contribution is 2.21. The summed E-state index contributed by atoms with van der Waals surface area (Å²) in [5.41, 5.74) is 0.424. The number of carbonyl (C=O) groups excluding carboxylic acids is 1. The molecule has 0 atom stereocenters. The molecule has 0 aliphatic carbocycles.